The van der Waals surface area contributed by atoms with Gasteiger partial charge in [-0.25, -0.2) is 4.39 Å². The molecule has 6 nitrogen and oxygen atoms in total. The summed E-state index contributed by atoms with van der Waals surface area (Å²) in [4.78, 5) is 25.5. The standard InChI is InChI=1S/C17H12FN3O3/c18-8-4-5-11-9(6-8)17(16(23)21-11)10(7-19)15(20)24-13-3-1-2-12(22)14(13)17/h4-6H,1-3,20H2,(H,21,23)/t17-/m1/s1. The topological polar surface area (TPSA) is 105 Å². The molecule has 7 heteroatoms. The molecule has 0 radical (unpaired) electrons. The zero-order chi connectivity index (χ0) is 17.1. The Morgan fingerprint density at radius 1 is 1.33 bits per heavy atom. The first-order valence-corrected chi connectivity index (χ1v) is 7.46. The molecule has 0 saturated heterocycles. The van der Waals surface area contributed by atoms with E-state index in [0.29, 0.717) is 18.5 Å². The number of nitrogens with zero attached hydrogens (tertiary/aromatic N) is 1. The van der Waals surface area contributed by atoms with Crippen molar-refractivity contribution in [1.29, 1.82) is 5.26 Å². The van der Waals surface area contributed by atoms with Crippen LogP contribution in [0.1, 0.15) is 24.8 Å². The van der Waals surface area contributed by atoms with Crippen LogP contribution in [0.3, 0.4) is 0 Å². The highest BCUT2D eigenvalue weighted by molar-refractivity contribution is 6.19. The molecule has 0 aromatic heterocycles. The number of nitrogens with two attached hydrogens (primary N) is 1. The van der Waals surface area contributed by atoms with Crippen LogP contribution in [0.2, 0.25) is 0 Å². The molecule has 0 bridgehead atoms. The van der Waals surface area contributed by atoms with Crippen LogP contribution in [0, 0.1) is 17.1 Å². The molecule has 2 heterocycles. The Hall–Kier alpha value is -3.14. The summed E-state index contributed by atoms with van der Waals surface area (Å²) < 4.78 is 19.3. The molecule has 3 aliphatic rings. The van der Waals surface area contributed by atoms with Crippen molar-refractivity contribution < 1.29 is 18.7 Å². The van der Waals surface area contributed by atoms with E-state index in [9.17, 15) is 19.2 Å². The van der Waals surface area contributed by atoms with Crippen LogP contribution in [-0.4, -0.2) is 11.7 Å². The number of halogens is 1. The zero-order valence-electron chi connectivity index (χ0n) is 12.5. The minimum atomic E-state index is -1.73. The highest BCUT2D eigenvalue weighted by Gasteiger charge is 2.59. The third-order valence-corrected chi connectivity index (χ3v) is 4.68. The normalized spacial score (nSPS) is 25.2. The summed E-state index contributed by atoms with van der Waals surface area (Å²) in [6.45, 7) is 0. The van der Waals surface area contributed by atoms with Crippen molar-refractivity contribution in [1.82, 2.24) is 0 Å². The van der Waals surface area contributed by atoms with Crippen molar-refractivity contribution in [2.75, 3.05) is 5.32 Å². The van der Waals surface area contributed by atoms with Crippen LogP contribution in [0.15, 0.2) is 41.0 Å². The van der Waals surface area contributed by atoms with Crippen molar-refractivity contribution in [3.63, 3.8) is 0 Å². The lowest BCUT2D eigenvalue weighted by Crippen LogP contribution is -2.46. The van der Waals surface area contributed by atoms with Gasteiger partial charge in [-0.15, -0.1) is 0 Å². The second-order valence-electron chi connectivity index (χ2n) is 5.92. The number of ketones is 1. The third-order valence-electron chi connectivity index (χ3n) is 4.68. The average Bonchev–Trinajstić information content (AvgIpc) is 2.81. The number of benzene rings is 1. The number of hydrogen-bond donors (Lipinski definition) is 2. The van der Waals surface area contributed by atoms with Crippen molar-refractivity contribution in [2.45, 2.75) is 24.7 Å². The fourth-order valence-corrected chi connectivity index (χ4v) is 3.74. The minimum absolute atomic E-state index is 0.0985. The predicted octanol–water partition coefficient (Wildman–Crippen LogP) is 1.75. The van der Waals surface area contributed by atoms with Gasteiger partial charge in [0.25, 0.3) is 0 Å². The summed E-state index contributed by atoms with van der Waals surface area (Å²) in [5, 5.41) is 12.2. The van der Waals surface area contributed by atoms with Gasteiger partial charge in [0.05, 0.1) is 5.57 Å². The fourth-order valence-electron chi connectivity index (χ4n) is 3.74. The van der Waals surface area contributed by atoms with Gasteiger partial charge in [0.2, 0.25) is 11.8 Å². The number of nitriles is 1. The smallest absolute Gasteiger partial charge is 0.245 e. The number of nitrogens with one attached hydrogen (secondary N) is 1. The maximum Gasteiger partial charge on any atom is 0.245 e. The summed E-state index contributed by atoms with van der Waals surface area (Å²) in [5.41, 5.74) is 4.63. The number of anilines is 1. The van der Waals surface area contributed by atoms with Gasteiger partial charge in [-0.3, -0.25) is 9.59 Å². The molecule has 1 aromatic carbocycles. The molecule has 2 aliphatic heterocycles. The molecule has 24 heavy (non-hydrogen) atoms. The number of allylic oxidation sites excluding steroid dienone is 1. The second kappa shape index (κ2) is 4.68. The van der Waals surface area contributed by atoms with E-state index in [1.807, 2.05) is 6.07 Å². The molecule has 1 atom stereocenters. The number of Topliss-reactive ketones (excluding diaryl/α,β-unsaturated/α-hetero) is 1. The lowest BCUT2D eigenvalue weighted by Gasteiger charge is -2.36. The lowest BCUT2D eigenvalue weighted by molar-refractivity contribution is -0.123. The molecule has 1 aromatic rings. The van der Waals surface area contributed by atoms with Gasteiger partial charge in [-0.05, 0) is 24.6 Å². The van der Waals surface area contributed by atoms with Crippen LogP contribution < -0.4 is 11.1 Å². The van der Waals surface area contributed by atoms with Crippen LogP contribution >= 0.6 is 0 Å². The Labute approximate surface area is 136 Å². The number of carbonyl (C=O) groups excluding carboxylic acids is 2. The van der Waals surface area contributed by atoms with E-state index in [1.54, 1.807) is 0 Å². The average molecular weight is 325 g/mol. The van der Waals surface area contributed by atoms with Gasteiger partial charge in [0, 0.05) is 24.1 Å². The molecule has 3 N–H and O–H groups in total. The Bertz CT molecular complexity index is 925. The first-order valence-electron chi connectivity index (χ1n) is 7.46. The molecule has 120 valence electrons. The van der Waals surface area contributed by atoms with Crippen LogP contribution in [0.25, 0.3) is 0 Å². The molecule has 1 spiro atoms. The molecule has 4 rings (SSSR count). The molecule has 1 amide bonds. The Morgan fingerprint density at radius 2 is 2.12 bits per heavy atom. The summed E-state index contributed by atoms with van der Waals surface area (Å²) in [6, 6.07) is 5.66. The van der Waals surface area contributed by atoms with Crippen molar-refractivity contribution in [2.24, 2.45) is 5.73 Å². The van der Waals surface area contributed by atoms with Crippen LogP contribution in [-0.2, 0) is 19.7 Å². The number of carbonyl (C=O) groups is 2. The largest absolute Gasteiger partial charge is 0.444 e. The minimum Gasteiger partial charge on any atom is -0.444 e. The van der Waals surface area contributed by atoms with E-state index in [1.165, 1.54) is 12.1 Å². The molecule has 0 unspecified atom stereocenters. The zero-order valence-corrected chi connectivity index (χ0v) is 12.5. The van der Waals surface area contributed by atoms with Gasteiger partial charge in [0.1, 0.15) is 28.6 Å². The Kier molecular flexibility index (Phi) is 2.82. The maximum atomic E-state index is 13.9. The first kappa shape index (κ1) is 14.5. The van der Waals surface area contributed by atoms with Gasteiger partial charge >= 0.3 is 0 Å². The van der Waals surface area contributed by atoms with Gasteiger partial charge < -0.3 is 15.8 Å². The molecule has 0 fully saturated rings. The van der Waals surface area contributed by atoms with E-state index < -0.39 is 17.1 Å². The second-order valence-corrected chi connectivity index (χ2v) is 5.92. The molecule has 1 aliphatic carbocycles. The van der Waals surface area contributed by atoms with Crippen LogP contribution in [0.5, 0.6) is 0 Å². The molecule has 0 saturated carbocycles. The van der Waals surface area contributed by atoms with Crippen molar-refractivity contribution in [3.05, 3.63) is 52.4 Å². The van der Waals surface area contributed by atoms with E-state index in [0.717, 1.165) is 6.07 Å². The number of fused-ring (bicyclic) bond motifs is 3. The van der Waals surface area contributed by atoms with Crippen molar-refractivity contribution >= 4 is 17.4 Å². The Morgan fingerprint density at radius 3 is 2.88 bits per heavy atom. The lowest BCUT2D eigenvalue weighted by atomic mass is 9.65. The van der Waals surface area contributed by atoms with Gasteiger partial charge in [-0.1, -0.05) is 0 Å². The van der Waals surface area contributed by atoms with Gasteiger partial charge in [0.15, 0.2) is 5.78 Å². The van der Waals surface area contributed by atoms with E-state index in [-0.39, 0.29) is 40.6 Å². The van der Waals surface area contributed by atoms with Gasteiger partial charge in [-0.2, -0.15) is 5.26 Å². The Balaban J connectivity index is 2.13. The summed E-state index contributed by atoms with van der Waals surface area (Å²) in [5.74, 6) is -1.39. The number of hydrogen-bond acceptors (Lipinski definition) is 5. The third kappa shape index (κ3) is 1.57. The summed E-state index contributed by atoms with van der Waals surface area (Å²) in [6.07, 6.45) is 1.24. The van der Waals surface area contributed by atoms with E-state index in [4.69, 9.17) is 10.5 Å². The number of amides is 1. The maximum absolute atomic E-state index is 13.9. The highest BCUT2D eigenvalue weighted by Crippen LogP contribution is 2.53. The summed E-state index contributed by atoms with van der Waals surface area (Å²) >= 11 is 0. The fraction of sp³-hybridized carbons (Fsp3) is 0.235. The predicted molar refractivity (Wildman–Crippen MR) is 80.5 cm³/mol. The SMILES string of the molecule is N#CC1=C(N)OC2=C(C(=O)CCC2)[C@]12C(=O)Nc1ccc(F)cc12. The van der Waals surface area contributed by atoms with Crippen molar-refractivity contribution in [3.8, 4) is 6.07 Å². The van der Waals surface area contributed by atoms with E-state index in [2.05, 4.69) is 5.32 Å². The first-order chi connectivity index (χ1) is 11.5. The number of rotatable bonds is 0. The quantitative estimate of drug-likeness (QED) is 0.756. The van der Waals surface area contributed by atoms with E-state index >= 15 is 0 Å². The molecular formula is C17H12FN3O3. The highest BCUT2D eigenvalue weighted by atomic mass is 19.1. The molecular weight excluding hydrogens is 313 g/mol. The number of ether oxygens (including phenoxy) is 1. The monoisotopic (exact) mass is 325 g/mol. The summed E-state index contributed by atoms with van der Waals surface area (Å²) in [7, 11) is 0. The van der Waals surface area contributed by atoms with Crippen LogP contribution in [0.4, 0.5) is 10.1 Å².